The highest BCUT2D eigenvalue weighted by Crippen LogP contribution is 2.18. The maximum Gasteiger partial charge on any atom is 0.390 e. The molecule has 0 aliphatic rings. The molecule has 2 N–H and O–H groups in total. The van der Waals surface area contributed by atoms with E-state index >= 15 is 0 Å². The first-order valence-corrected chi connectivity index (χ1v) is 8.12. The van der Waals surface area contributed by atoms with E-state index in [0.29, 0.717) is 25.0 Å². The van der Waals surface area contributed by atoms with Gasteiger partial charge in [-0.3, -0.25) is 0 Å². The molecule has 0 aliphatic heterocycles. The predicted octanol–water partition coefficient (Wildman–Crippen LogP) is 3.89. The fourth-order valence-corrected chi connectivity index (χ4v) is 1.82. The van der Waals surface area contributed by atoms with E-state index in [4.69, 9.17) is 4.74 Å². The van der Waals surface area contributed by atoms with Gasteiger partial charge in [0.25, 0.3) is 0 Å². The largest absolute Gasteiger partial charge is 0.477 e. The van der Waals surface area contributed by atoms with Gasteiger partial charge in [-0.05, 0) is 19.4 Å². The Morgan fingerprint density at radius 3 is 2.68 bits per heavy atom. The average molecular weight is 474 g/mol. The lowest BCUT2D eigenvalue weighted by molar-refractivity contribution is -0.132. The fraction of sp³-hybridized carbons (Fsp3) is 0.625. The van der Waals surface area contributed by atoms with Crippen molar-refractivity contribution in [2.24, 2.45) is 4.99 Å². The molecule has 0 bridgehead atoms. The second-order valence-corrected chi connectivity index (χ2v) is 5.16. The number of aliphatic imine (C=N–C) groups is 1. The third kappa shape index (κ3) is 11.1. The zero-order valence-electron chi connectivity index (χ0n) is 14.5. The van der Waals surface area contributed by atoms with Crippen LogP contribution in [0.3, 0.4) is 0 Å². The van der Waals surface area contributed by atoms with E-state index in [1.807, 2.05) is 13.0 Å². The number of aromatic nitrogens is 1. The Balaban J connectivity index is 0.00000576. The first-order chi connectivity index (χ1) is 11.5. The van der Waals surface area contributed by atoms with E-state index in [-0.39, 0.29) is 37.1 Å². The molecule has 1 rings (SSSR count). The van der Waals surface area contributed by atoms with Crippen molar-refractivity contribution in [2.75, 3.05) is 19.7 Å². The van der Waals surface area contributed by atoms with Crippen molar-refractivity contribution in [3.63, 3.8) is 0 Å². The third-order valence-corrected chi connectivity index (χ3v) is 3.04. The summed E-state index contributed by atoms with van der Waals surface area (Å²) in [5.41, 5.74) is 0.793. The molecule has 1 heterocycles. The van der Waals surface area contributed by atoms with Crippen LogP contribution in [-0.4, -0.2) is 36.8 Å². The van der Waals surface area contributed by atoms with Crippen molar-refractivity contribution in [3.8, 4) is 5.88 Å². The SMILES string of the molecule is CCCCOc1ncccc1CN=C(NCC)NCCC(F)(F)F.I. The normalized spacial score (nSPS) is 11.6. The molecule has 0 unspecified atom stereocenters. The first-order valence-electron chi connectivity index (χ1n) is 8.12. The van der Waals surface area contributed by atoms with Gasteiger partial charge < -0.3 is 15.4 Å². The molecule has 0 spiro atoms. The second kappa shape index (κ2) is 13.0. The molecule has 1 aromatic heterocycles. The summed E-state index contributed by atoms with van der Waals surface area (Å²) in [5.74, 6) is 0.853. The minimum atomic E-state index is -4.19. The number of unbranched alkanes of at least 4 members (excludes halogenated alkanes) is 1. The highest BCUT2D eigenvalue weighted by Gasteiger charge is 2.26. The molecule has 0 saturated heterocycles. The van der Waals surface area contributed by atoms with Crippen LogP contribution in [0.15, 0.2) is 23.3 Å². The van der Waals surface area contributed by atoms with E-state index in [0.717, 1.165) is 18.4 Å². The number of rotatable bonds is 9. The zero-order chi connectivity index (χ0) is 17.8. The second-order valence-electron chi connectivity index (χ2n) is 5.16. The van der Waals surface area contributed by atoms with E-state index < -0.39 is 12.6 Å². The van der Waals surface area contributed by atoms with Gasteiger partial charge in [0, 0.05) is 24.8 Å². The molecule has 1 aromatic rings. The molecule has 0 aromatic carbocycles. The van der Waals surface area contributed by atoms with Crippen molar-refractivity contribution in [3.05, 3.63) is 23.9 Å². The number of nitrogens with one attached hydrogen (secondary N) is 2. The molecule has 144 valence electrons. The van der Waals surface area contributed by atoms with Crippen molar-refractivity contribution in [1.82, 2.24) is 15.6 Å². The molecule has 5 nitrogen and oxygen atoms in total. The predicted molar refractivity (Wildman–Crippen MR) is 104 cm³/mol. The Morgan fingerprint density at radius 2 is 2.04 bits per heavy atom. The van der Waals surface area contributed by atoms with Gasteiger partial charge in [-0.2, -0.15) is 13.2 Å². The van der Waals surface area contributed by atoms with Gasteiger partial charge >= 0.3 is 6.18 Å². The summed E-state index contributed by atoms with van der Waals surface area (Å²) in [5, 5.41) is 5.60. The molecular formula is C16H26F3IN4O. The number of hydrogen-bond acceptors (Lipinski definition) is 3. The van der Waals surface area contributed by atoms with Gasteiger partial charge in [-0.25, -0.2) is 9.98 Å². The molecule has 25 heavy (non-hydrogen) atoms. The van der Waals surface area contributed by atoms with Crippen LogP contribution in [-0.2, 0) is 6.54 Å². The number of nitrogens with zero attached hydrogens (tertiary/aromatic N) is 2. The summed E-state index contributed by atoms with van der Waals surface area (Å²) < 4.78 is 42.3. The Hall–Kier alpha value is -1.26. The van der Waals surface area contributed by atoms with E-state index in [2.05, 4.69) is 27.5 Å². The number of pyridine rings is 1. The van der Waals surface area contributed by atoms with Crippen LogP contribution in [0.25, 0.3) is 0 Å². The molecular weight excluding hydrogens is 448 g/mol. The first kappa shape index (κ1) is 23.7. The van der Waals surface area contributed by atoms with Crippen LogP contribution in [0.4, 0.5) is 13.2 Å². The number of ether oxygens (including phenoxy) is 1. The summed E-state index contributed by atoms with van der Waals surface area (Å²) in [4.78, 5) is 8.49. The van der Waals surface area contributed by atoms with Crippen LogP contribution < -0.4 is 15.4 Å². The highest BCUT2D eigenvalue weighted by atomic mass is 127. The molecule has 0 aliphatic carbocycles. The fourth-order valence-electron chi connectivity index (χ4n) is 1.82. The minimum absolute atomic E-state index is 0. The van der Waals surface area contributed by atoms with Crippen LogP contribution in [0.5, 0.6) is 5.88 Å². The standard InChI is InChI=1S/C16H25F3N4O.HI/c1-3-5-11-24-14-13(7-6-9-21-14)12-23-15(20-4-2)22-10-8-16(17,18)19;/h6-7,9H,3-5,8,10-12H2,1-2H3,(H2,20,22,23);1H. The maximum absolute atomic E-state index is 12.2. The van der Waals surface area contributed by atoms with E-state index in [1.54, 1.807) is 12.3 Å². The lowest BCUT2D eigenvalue weighted by Gasteiger charge is -2.13. The average Bonchev–Trinajstić information content (AvgIpc) is 2.53. The zero-order valence-corrected chi connectivity index (χ0v) is 16.9. The lowest BCUT2D eigenvalue weighted by atomic mass is 10.2. The van der Waals surface area contributed by atoms with Gasteiger partial charge in [0.15, 0.2) is 5.96 Å². The van der Waals surface area contributed by atoms with Crippen LogP contribution in [0.2, 0.25) is 0 Å². The topological polar surface area (TPSA) is 58.5 Å². The molecule has 9 heteroatoms. The maximum atomic E-state index is 12.2. The number of hydrogen-bond donors (Lipinski definition) is 2. The Morgan fingerprint density at radius 1 is 1.28 bits per heavy atom. The number of alkyl halides is 3. The molecule has 0 fully saturated rings. The summed E-state index contributed by atoms with van der Waals surface area (Å²) in [6.07, 6.45) is -1.50. The Kier molecular flexibility index (Phi) is 12.4. The molecule has 0 radical (unpaired) electrons. The highest BCUT2D eigenvalue weighted by molar-refractivity contribution is 14.0. The van der Waals surface area contributed by atoms with Gasteiger partial charge in [0.2, 0.25) is 5.88 Å². The number of halogens is 4. The quantitative estimate of drug-likeness (QED) is 0.247. The van der Waals surface area contributed by atoms with Gasteiger partial charge in [-0.15, -0.1) is 24.0 Å². The summed E-state index contributed by atoms with van der Waals surface area (Å²) >= 11 is 0. The van der Waals surface area contributed by atoms with E-state index in [9.17, 15) is 13.2 Å². The minimum Gasteiger partial charge on any atom is -0.477 e. The van der Waals surface area contributed by atoms with Crippen molar-refractivity contribution in [1.29, 1.82) is 0 Å². The van der Waals surface area contributed by atoms with Crippen molar-refractivity contribution >= 4 is 29.9 Å². The Bertz CT molecular complexity index is 512. The third-order valence-electron chi connectivity index (χ3n) is 3.04. The van der Waals surface area contributed by atoms with Crippen LogP contribution in [0, 0.1) is 0 Å². The molecule has 0 atom stereocenters. The molecule has 0 amide bonds. The van der Waals surface area contributed by atoms with Gasteiger partial charge in [-0.1, -0.05) is 19.4 Å². The lowest BCUT2D eigenvalue weighted by Crippen LogP contribution is -2.38. The van der Waals surface area contributed by atoms with Crippen LogP contribution in [0.1, 0.15) is 38.7 Å². The summed E-state index contributed by atoms with van der Waals surface area (Å²) in [6.45, 7) is 5.12. The van der Waals surface area contributed by atoms with E-state index in [1.165, 1.54) is 0 Å². The van der Waals surface area contributed by atoms with Crippen molar-refractivity contribution < 1.29 is 17.9 Å². The monoisotopic (exact) mass is 474 g/mol. The molecule has 0 saturated carbocycles. The van der Waals surface area contributed by atoms with Crippen molar-refractivity contribution in [2.45, 2.75) is 45.8 Å². The summed E-state index contributed by atoms with van der Waals surface area (Å²) in [7, 11) is 0. The summed E-state index contributed by atoms with van der Waals surface area (Å²) in [6, 6.07) is 3.62. The smallest absolute Gasteiger partial charge is 0.390 e. The van der Waals surface area contributed by atoms with Crippen LogP contribution >= 0.6 is 24.0 Å². The number of guanidine groups is 1. The van der Waals surface area contributed by atoms with Gasteiger partial charge in [0.05, 0.1) is 19.6 Å². The van der Waals surface area contributed by atoms with Gasteiger partial charge in [0.1, 0.15) is 0 Å². The Labute approximate surface area is 163 Å².